The molecule has 0 saturated heterocycles. The van der Waals surface area contributed by atoms with E-state index in [1.54, 1.807) is 24.3 Å². The molecule has 9 atom stereocenters. The molecular weight excluding hydrogens is 726 g/mol. The van der Waals surface area contributed by atoms with Crippen LogP contribution in [0.15, 0.2) is 71.8 Å². The Bertz CT molecular complexity index is 1970. The molecule has 0 amide bonds. The first-order chi connectivity index (χ1) is 25.4. The summed E-state index contributed by atoms with van der Waals surface area (Å²) in [5.74, 6) is -2.05. The van der Waals surface area contributed by atoms with Crippen LogP contribution in [0.2, 0.25) is 0 Å². The summed E-state index contributed by atoms with van der Waals surface area (Å²) in [6.45, 7) is 16.8. The van der Waals surface area contributed by atoms with Gasteiger partial charge in [-0.15, -0.1) is 0 Å². The van der Waals surface area contributed by atoms with Crippen molar-refractivity contribution in [2.75, 3.05) is 6.61 Å². The zero-order valence-electron chi connectivity index (χ0n) is 34.9. The zero-order valence-corrected chi connectivity index (χ0v) is 38.9. The Morgan fingerprint density at radius 3 is 1.84 bits per heavy atom. The summed E-state index contributed by atoms with van der Waals surface area (Å²) in [4.78, 5) is 50.7. The summed E-state index contributed by atoms with van der Waals surface area (Å²) in [6, 6.07) is 12.6. The van der Waals surface area contributed by atoms with Crippen molar-refractivity contribution in [3.8, 4) is 0 Å². The molecule has 0 spiro atoms. The van der Waals surface area contributed by atoms with Gasteiger partial charge in [0, 0.05) is 69.9 Å². The topological polar surface area (TPSA) is 127 Å². The second kappa shape index (κ2) is 16.1. The molecule has 10 heteroatoms. The van der Waals surface area contributed by atoms with E-state index in [0.29, 0.717) is 18.3 Å². The Kier molecular flexibility index (Phi) is 12.9. The number of benzene rings is 2. The van der Waals surface area contributed by atoms with Gasteiger partial charge in [0.2, 0.25) is 0 Å². The van der Waals surface area contributed by atoms with E-state index < -0.39 is 23.9 Å². The summed E-state index contributed by atoms with van der Waals surface area (Å²) < 4.78 is 12.4. The minimum Gasteiger partial charge on any atom is -0.478 e. The number of rotatable bonds is 7. The number of aromatic carboxylic acids is 2. The number of fused-ring (bicyclic) bond motifs is 7. The number of esters is 2. The van der Waals surface area contributed by atoms with Crippen LogP contribution in [0, 0.1) is 50.7 Å². The maximum atomic E-state index is 13.5. The fourth-order valence-electron chi connectivity index (χ4n) is 12.6. The molecule has 5 aliphatic carbocycles. The van der Waals surface area contributed by atoms with E-state index in [4.69, 9.17) is 9.47 Å². The SMILES string of the molecule is C[C@H]1[C@H](C)CC[C@]2(COC(=O)c3ccccc3C(=O)O)CC[C@]3(C)C(=CC=C4[C@@]5(C)CC[C@H](OC(=O)c6ccccc6C(=O)O)C(C)(C)[C@@H]5CC[C@]43C)[C@H]12.[Na].[Na]. The normalized spacial score (nSPS) is 35.2. The van der Waals surface area contributed by atoms with Gasteiger partial charge in [-0.1, -0.05) is 96.0 Å². The van der Waals surface area contributed by atoms with Gasteiger partial charge in [-0.3, -0.25) is 0 Å². The Hall–Kier alpha value is -2.20. The molecule has 2 N–H and O–H groups in total. The van der Waals surface area contributed by atoms with Gasteiger partial charge in [-0.2, -0.15) is 0 Å². The molecule has 290 valence electrons. The molecule has 0 unspecified atom stereocenters. The molecule has 0 heterocycles. The smallest absolute Gasteiger partial charge is 0.339 e. The molecule has 0 aliphatic heterocycles. The van der Waals surface area contributed by atoms with Crippen LogP contribution in [-0.2, 0) is 9.47 Å². The van der Waals surface area contributed by atoms with E-state index in [0.717, 1.165) is 44.9 Å². The van der Waals surface area contributed by atoms with Crippen molar-refractivity contribution < 1.29 is 38.9 Å². The number of ether oxygens (including phenoxy) is 2. The van der Waals surface area contributed by atoms with Gasteiger partial charge in [-0.25, -0.2) is 19.2 Å². The molecular formula is C46H56Na2O8. The molecule has 7 rings (SSSR count). The summed E-state index contributed by atoms with van der Waals surface area (Å²) in [6.07, 6.45) is 12.0. The number of carboxylic acids is 2. The number of hydrogen-bond donors (Lipinski definition) is 2. The van der Waals surface area contributed by atoms with E-state index in [1.807, 2.05) is 0 Å². The van der Waals surface area contributed by atoms with Gasteiger partial charge in [0.1, 0.15) is 6.10 Å². The average molecular weight is 783 g/mol. The second-order valence-electron chi connectivity index (χ2n) is 18.6. The maximum absolute atomic E-state index is 13.5. The van der Waals surface area contributed by atoms with Crippen molar-refractivity contribution in [3.05, 3.63) is 94.1 Å². The fraction of sp³-hybridized carbons (Fsp3) is 0.565. The molecule has 2 aromatic rings. The van der Waals surface area contributed by atoms with Gasteiger partial charge < -0.3 is 19.7 Å². The van der Waals surface area contributed by atoms with Crippen LogP contribution in [0.3, 0.4) is 0 Å². The first-order valence-corrected chi connectivity index (χ1v) is 19.9. The van der Waals surface area contributed by atoms with Gasteiger partial charge in [0.15, 0.2) is 0 Å². The van der Waals surface area contributed by atoms with E-state index in [2.05, 4.69) is 60.6 Å². The number of hydrogen-bond acceptors (Lipinski definition) is 6. The minimum absolute atomic E-state index is 0. The Labute approximate surface area is 376 Å². The molecule has 8 nitrogen and oxygen atoms in total. The van der Waals surface area contributed by atoms with Crippen LogP contribution >= 0.6 is 0 Å². The summed E-state index contributed by atoms with van der Waals surface area (Å²) in [5, 5.41) is 19.5. The number of carboxylic acid groups (broad SMARTS) is 2. The number of carbonyl (C=O) groups is 4. The first-order valence-electron chi connectivity index (χ1n) is 19.9. The quantitative estimate of drug-likeness (QED) is 0.210. The summed E-state index contributed by atoms with van der Waals surface area (Å²) >= 11 is 0. The van der Waals surface area contributed by atoms with Crippen molar-refractivity contribution in [1.29, 1.82) is 0 Å². The number of carbonyl (C=O) groups excluding carboxylic acids is 2. The van der Waals surface area contributed by atoms with Gasteiger partial charge >= 0.3 is 23.9 Å². The van der Waals surface area contributed by atoms with Gasteiger partial charge in [0.25, 0.3) is 0 Å². The van der Waals surface area contributed by atoms with Crippen molar-refractivity contribution in [2.45, 2.75) is 106 Å². The number of allylic oxidation sites excluding steroid dienone is 4. The van der Waals surface area contributed by atoms with Gasteiger partial charge in [-0.05, 0) is 116 Å². The Morgan fingerprint density at radius 2 is 1.25 bits per heavy atom. The van der Waals surface area contributed by atoms with E-state index >= 15 is 0 Å². The van der Waals surface area contributed by atoms with Crippen LogP contribution in [0.4, 0.5) is 0 Å². The van der Waals surface area contributed by atoms with Gasteiger partial charge in [0.05, 0.1) is 28.9 Å². The maximum Gasteiger partial charge on any atom is 0.339 e. The van der Waals surface area contributed by atoms with E-state index in [-0.39, 0.29) is 133 Å². The van der Waals surface area contributed by atoms with Crippen LogP contribution in [0.1, 0.15) is 141 Å². The van der Waals surface area contributed by atoms with Crippen molar-refractivity contribution in [1.82, 2.24) is 0 Å². The van der Waals surface area contributed by atoms with E-state index in [9.17, 15) is 29.4 Å². The van der Waals surface area contributed by atoms with Crippen LogP contribution < -0.4 is 0 Å². The Balaban J connectivity index is 0.00000300. The molecule has 0 bridgehead atoms. The predicted molar refractivity (Wildman–Crippen MR) is 217 cm³/mol. The third kappa shape index (κ3) is 6.94. The molecule has 56 heavy (non-hydrogen) atoms. The van der Waals surface area contributed by atoms with Crippen molar-refractivity contribution in [3.63, 3.8) is 0 Å². The average Bonchev–Trinajstić information content (AvgIpc) is 3.13. The molecule has 0 aromatic heterocycles. The second-order valence-corrected chi connectivity index (χ2v) is 18.6. The fourth-order valence-corrected chi connectivity index (χ4v) is 12.6. The zero-order chi connectivity index (χ0) is 39.0. The summed E-state index contributed by atoms with van der Waals surface area (Å²) in [7, 11) is 0. The largest absolute Gasteiger partial charge is 0.478 e. The van der Waals surface area contributed by atoms with E-state index in [1.165, 1.54) is 35.4 Å². The first kappa shape index (κ1) is 44.9. The molecule has 2 aromatic carbocycles. The standard InChI is InChI=1S/C46H56O8.2Na/c1-27-18-23-46(26-53-40(51)31-14-10-8-12-29(31)38(47)48)25-24-44(6)33(37(46)28(27)2)16-17-35-43(5)21-20-36(42(3,4)34(43)19-22-45(35,44)7)54-41(52)32-15-11-9-13-30(32)39(49)50;;/h8-17,27-28,34,36-37H,18-26H2,1-7H3,(H,47,48)(H,49,50);;/t27-,28+,34+,36+,37+,43+,44-,45-,46-;;/m1../s1. The molecule has 4 fully saturated rings. The Morgan fingerprint density at radius 1 is 0.679 bits per heavy atom. The predicted octanol–water partition coefficient (Wildman–Crippen LogP) is 9.28. The summed E-state index contributed by atoms with van der Waals surface area (Å²) in [5.41, 5.74) is 2.19. The van der Waals surface area contributed by atoms with Crippen LogP contribution in [0.25, 0.3) is 0 Å². The monoisotopic (exact) mass is 782 g/mol. The minimum atomic E-state index is -1.14. The molecule has 4 saturated carbocycles. The van der Waals surface area contributed by atoms with Crippen molar-refractivity contribution >= 4 is 83.0 Å². The van der Waals surface area contributed by atoms with Crippen LogP contribution in [0.5, 0.6) is 0 Å². The molecule has 2 radical (unpaired) electrons. The molecule has 5 aliphatic rings. The third-order valence-electron chi connectivity index (χ3n) is 16.0. The third-order valence-corrected chi connectivity index (χ3v) is 16.0. The van der Waals surface area contributed by atoms with Crippen LogP contribution in [-0.4, -0.2) is 106 Å². The van der Waals surface area contributed by atoms with Crippen molar-refractivity contribution in [2.24, 2.45) is 50.7 Å².